The largest absolute Gasteiger partial charge is 0.489 e. The van der Waals surface area contributed by atoms with E-state index in [4.69, 9.17) is 9.47 Å². The van der Waals surface area contributed by atoms with Crippen LogP contribution in [-0.2, 0) is 32.1 Å². The maximum absolute atomic E-state index is 14.4. The minimum absolute atomic E-state index is 0.0767. The van der Waals surface area contributed by atoms with Gasteiger partial charge in [0.2, 0.25) is 5.91 Å². The Labute approximate surface area is 277 Å². The number of benzene rings is 4. The fourth-order valence-corrected chi connectivity index (χ4v) is 7.91. The molecule has 0 radical (unpaired) electrons. The van der Waals surface area contributed by atoms with E-state index in [-0.39, 0.29) is 37.1 Å². The van der Waals surface area contributed by atoms with Gasteiger partial charge in [-0.1, -0.05) is 103 Å². The SMILES string of the molecule is O=C(Cc1ccccc1)N[C@@H]1C(=O)N2C(C(=O)OC(c3ccccc3)c3ccccc3)=C(COc3ccc(CO)cc3)C3(CC3)S[C@H]12. The van der Waals surface area contributed by atoms with Gasteiger partial charge in [0.25, 0.3) is 5.91 Å². The number of rotatable bonds is 11. The molecule has 1 aliphatic carbocycles. The van der Waals surface area contributed by atoms with E-state index in [1.165, 1.54) is 4.90 Å². The summed E-state index contributed by atoms with van der Waals surface area (Å²) in [6.45, 7) is 0.00542. The molecule has 3 aliphatic rings. The Hall–Kier alpha value is -4.86. The highest BCUT2D eigenvalue weighted by Gasteiger charge is 2.64. The van der Waals surface area contributed by atoms with E-state index < -0.39 is 28.2 Å². The first-order valence-corrected chi connectivity index (χ1v) is 16.5. The number of carbonyl (C=O) groups is 3. The first kappa shape index (κ1) is 30.8. The van der Waals surface area contributed by atoms with Crippen LogP contribution in [0.5, 0.6) is 5.75 Å². The van der Waals surface area contributed by atoms with Crippen LogP contribution >= 0.6 is 11.8 Å². The third kappa shape index (κ3) is 6.28. The zero-order valence-electron chi connectivity index (χ0n) is 25.6. The Morgan fingerprint density at radius 3 is 2.02 bits per heavy atom. The minimum Gasteiger partial charge on any atom is -0.489 e. The van der Waals surface area contributed by atoms with Gasteiger partial charge in [0.15, 0.2) is 6.10 Å². The predicted octanol–water partition coefficient (Wildman–Crippen LogP) is 5.32. The van der Waals surface area contributed by atoms with Crippen molar-refractivity contribution in [1.29, 1.82) is 0 Å². The first-order valence-electron chi connectivity index (χ1n) is 15.7. The Kier molecular flexibility index (Phi) is 8.58. The number of β-lactam (4-membered cyclic amide) rings is 1. The normalized spacial score (nSPS) is 19.2. The topological polar surface area (TPSA) is 105 Å². The fraction of sp³-hybridized carbons (Fsp3) is 0.237. The number of carbonyl (C=O) groups excluding carboxylic acids is 3. The standard InChI is InChI=1S/C38H34N2O6S/c41-23-26-16-18-29(19-17-26)45-24-30-33(37(44)46-34(27-12-6-2-7-13-27)28-14-8-3-9-15-28)40-35(43)32(36(40)47-38(30)20-21-38)39-31(42)22-25-10-4-1-5-11-25/h1-19,32,34,36,41H,20-24H2,(H,39,42)/t32-,36-/m1/s1. The zero-order chi connectivity index (χ0) is 32.4. The summed E-state index contributed by atoms with van der Waals surface area (Å²) < 4.78 is 12.1. The average Bonchev–Trinajstić information content (AvgIpc) is 3.89. The van der Waals surface area contributed by atoms with Crippen molar-refractivity contribution >= 4 is 29.5 Å². The van der Waals surface area contributed by atoms with Crippen LogP contribution in [0.3, 0.4) is 0 Å². The molecule has 2 N–H and O–H groups in total. The molecule has 1 saturated heterocycles. The highest BCUT2D eigenvalue weighted by molar-refractivity contribution is 8.02. The third-order valence-corrected chi connectivity index (χ3v) is 10.6. The molecule has 1 spiro atoms. The number of fused-ring (bicyclic) bond motifs is 1. The predicted molar refractivity (Wildman–Crippen MR) is 178 cm³/mol. The average molecular weight is 647 g/mol. The van der Waals surface area contributed by atoms with Gasteiger partial charge in [-0.2, -0.15) is 0 Å². The molecule has 0 unspecified atom stereocenters. The van der Waals surface area contributed by atoms with Crippen LogP contribution in [0.2, 0.25) is 0 Å². The number of nitrogens with one attached hydrogen (secondary N) is 1. The lowest BCUT2D eigenvalue weighted by molar-refractivity contribution is -0.154. The molecule has 2 fully saturated rings. The highest BCUT2D eigenvalue weighted by Crippen LogP contribution is 2.62. The van der Waals surface area contributed by atoms with Gasteiger partial charge < -0.3 is 19.9 Å². The maximum Gasteiger partial charge on any atom is 0.356 e. The van der Waals surface area contributed by atoms with E-state index in [9.17, 15) is 19.5 Å². The number of thioether (sulfide) groups is 1. The van der Waals surface area contributed by atoms with Gasteiger partial charge in [-0.05, 0) is 47.2 Å². The molecular weight excluding hydrogens is 612 g/mol. The van der Waals surface area contributed by atoms with E-state index in [1.807, 2.05) is 91.0 Å². The number of ether oxygens (including phenoxy) is 2. The van der Waals surface area contributed by atoms with Crippen LogP contribution < -0.4 is 10.1 Å². The zero-order valence-corrected chi connectivity index (χ0v) is 26.4. The fourth-order valence-electron chi connectivity index (χ4n) is 6.17. The van der Waals surface area contributed by atoms with Gasteiger partial charge >= 0.3 is 5.97 Å². The molecule has 7 rings (SSSR count). The molecule has 4 aromatic carbocycles. The smallest absolute Gasteiger partial charge is 0.356 e. The van der Waals surface area contributed by atoms with Crippen LogP contribution in [0.15, 0.2) is 127 Å². The van der Waals surface area contributed by atoms with Gasteiger partial charge in [-0.3, -0.25) is 14.5 Å². The van der Waals surface area contributed by atoms with E-state index in [0.29, 0.717) is 11.3 Å². The van der Waals surface area contributed by atoms with E-state index >= 15 is 0 Å². The lowest BCUT2D eigenvalue weighted by Crippen LogP contribution is -2.71. The van der Waals surface area contributed by atoms with Crippen LogP contribution in [0, 0.1) is 0 Å². The Bertz CT molecular complexity index is 1750. The molecule has 2 atom stereocenters. The number of aliphatic hydroxyl groups is 1. The quantitative estimate of drug-likeness (QED) is 0.168. The molecule has 1 saturated carbocycles. The highest BCUT2D eigenvalue weighted by atomic mass is 32.2. The number of nitrogens with zero attached hydrogens (tertiary/aromatic N) is 1. The summed E-state index contributed by atoms with van der Waals surface area (Å²) in [5.41, 5.74) is 4.12. The monoisotopic (exact) mass is 646 g/mol. The number of hydrogen-bond donors (Lipinski definition) is 2. The van der Waals surface area contributed by atoms with Gasteiger partial charge in [-0.25, -0.2) is 4.79 Å². The molecule has 238 valence electrons. The van der Waals surface area contributed by atoms with Crippen LogP contribution in [-0.4, -0.2) is 50.6 Å². The Morgan fingerprint density at radius 2 is 1.45 bits per heavy atom. The second-order valence-corrected chi connectivity index (χ2v) is 13.4. The lowest BCUT2D eigenvalue weighted by atomic mass is 9.98. The second kappa shape index (κ2) is 13.1. The number of amides is 2. The minimum atomic E-state index is -0.760. The van der Waals surface area contributed by atoms with Gasteiger partial charge in [0, 0.05) is 10.3 Å². The second-order valence-electron chi connectivity index (χ2n) is 11.9. The van der Waals surface area contributed by atoms with Crippen molar-refractivity contribution in [2.75, 3.05) is 6.61 Å². The maximum atomic E-state index is 14.4. The molecular formula is C38H34N2O6S. The third-order valence-electron chi connectivity index (χ3n) is 8.81. The first-order chi connectivity index (χ1) is 23.0. The Morgan fingerprint density at radius 1 is 0.851 bits per heavy atom. The van der Waals surface area contributed by atoms with Crippen molar-refractivity contribution in [3.63, 3.8) is 0 Å². The molecule has 2 amide bonds. The van der Waals surface area contributed by atoms with Crippen molar-refractivity contribution in [2.24, 2.45) is 0 Å². The van der Waals surface area contributed by atoms with Crippen molar-refractivity contribution in [3.05, 3.63) is 149 Å². The number of hydrogen-bond acceptors (Lipinski definition) is 7. The molecule has 2 aliphatic heterocycles. The van der Waals surface area contributed by atoms with Crippen LogP contribution in [0.4, 0.5) is 0 Å². The van der Waals surface area contributed by atoms with Crippen molar-refractivity contribution < 1.29 is 29.0 Å². The van der Waals surface area contributed by atoms with Crippen molar-refractivity contribution in [1.82, 2.24) is 10.2 Å². The molecule has 47 heavy (non-hydrogen) atoms. The van der Waals surface area contributed by atoms with Crippen LogP contribution in [0.25, 0.3) is 0 Å². The summed E-state index contributed by atoms with van der Waals surface area (Å²) >= 11 is 1.60. The van der Waals surface area contributed by atoms with Crippen LogP contribution in [0.1, 0.15) is 41.2 Å². The summed E-state index contributed by atoms with van der Waals surface area (Å²) in [4.78, 5) is 42.8. The summed E-state index contributed by atoms with van der Waals surface area (Å²) in [5, 5.41) is 11.9. The molecule has 0 aromatic heterocycles. The molecule has 8 nitrogen and oxygen atoms in total. The summed E-state index contributed by atoms with van der Waals surface area (Å²) in [5.74, 6) is -0.637. The molecule has 0 bridgehead atoms. The molecule has 9 heteroatoms. The summed E-state index contributed by atoms with van der Waals surface area (Å²) in [7, 11) is 0. The molecule has 4 aromatic rings. The van der Waals surface area contributed by atoms with Gasteiger partial charge in [0.05, 0.1) is 13.0 Å². The van der Waals surface area contributed by atoms with Crippen molar-refractivity contribution in [2.45, 2.75) is 48.1 Å². The lowest BCUT2D eigenvalue weighted by Gasteiger charge is -2.52. The van der Waals surface area contributed by atoms with E-state index in [2.05, 4.69) is 5.32 Å². The summed E-state index contributed by atoms with van der Waals surface area (Å²) in [6, 6.07) is 34.8. The van der Waals surface area contributed by atoms with E-state index in [1.54, 1.807) is 36.0 Å². The number of aliphatic hydroxyl groups excluding tert-OH is 1. The molecule has 2 heterocycles. The number of esters is 1. The van der Waals surface area contributed by atoms with Gasteiger partial charge in [0.1, 0.15) is 29.5 Å². The Balaban J connectivity index is 1.21. The van der Waals surface area contributed by atoms with E-state index in [0.717, 1.165) is 35.1 Å². The van der Waals surface area contributed by atoms with Gasteiger partial charge in [-0.15, -0.1) is 11.8 Å². The van der Waals surface area contributed by atoms with Crippen molar-refractivity contribution in [3.8, 4) is 5.75 Å². The summed E-state index contributed by atoms with van der Waals surface area (Å²) in [6.07, 6.45) is 1.06.